The van der Waals surface area contributed by atoms with E-state index in [2.05, 4.69) is 43.4 Å². The van der Waals surface area contributed by atoms with Gasteiger partial charge >= 0.3 is 0 Å². The summed E-state index contributed by atoms with van der Waals surface area (Å²) in [5.41, 5.74) is 2.97. The summed E-state index contributed by atoms with van der Waals surface area (Å²) in [7, 11) is 1.64. The van der Waals surface area contributed by atoms with E-state index in [1.165, 1.54) is 0 Å². The van der Waals surface area contributed by atoms with E-state index in [-0.39, 0.29) is 6.10 Å². The summed E-state index contributed by atoms with van der Waals surface area (Å²) in [5.74, 6) is 2.16. The second-order valence-electron chi connectivity index (χ2n) is 10.8. The molecule has 2 N–H and O–H groups in total. The molecule has 2 atom stereocenters. The van der Waals surface area contributed by atoms with Crippen molar-refractivity contribution in [1.29, 1.82) is 5.26 Å². The van der Waals surface area contributed by atoms with E-state index < -0.39 is 0 Å². The van der Waals surface area contributed by atoms with Gasteiger partial charge in [-0.3, -0.25) is 4.90 Å². The lowest BCUT2D eigenvalue weighted by Gasteiger charge is -2.43. The second kappa shape index (κ2) is 12.3. The van der Waals surface area contributed by atoms with E-state index in [9.17, 15) is 5.26 Å². The smallest absolute Gasteiger partial charge is 0.239 e. The molecule has 0 radical (unpaired) electrons. The first kappa shape index (κ1) is 27.2. The first-order valence-corrected chi connectivity index (χ1v) is 14.3. The summed E-state index contributed by atoms with van der Waals surface area (Å²) in [6.45, 7) is 8.57. The Balaban J connectivity index is 1.14. The number of piperazine rings is 1. The summed E-state index contributed by atoms with van der Waals surface area (Å²) in [4.78, 5) is 18.6. The van der Waals surface area contributed by atoms with Crippen LogP contribution in [0.4, 0.5) is 17.5 Å². The van der Waals surface area contributed by atoms with Gasteiger partial charge in [-0.1, -0.05) is 0 Å². The quantitative estimate of drug-likeness (QED) is 0.425. The third kappa shape index (κ3) is 6.20. The van der Waals surface area contributed by atoms with Gasteiger partial charge in [-0.05, 0) is 62.7 Å². The molecule has 3 fully saturated rings. The number of hydrogen-bond acceptors (Lipinski definition) is 11. The van der Waals surface area contributed by atoms with E-state index in [1.54, 1.807) is 13.3 Å². The lowest BCUT2D eigenvalue weighted by atomic mass is 10.0. The number of nitriles is 1. The van der Waals surface area contributed by atoms with Crippen molar-refractivity contribution in [3.05, 3.63) is 48.2 Å². The van der Waals surface area contributed by atoms with Crippen LogP contribution in [-0.4, -0.2) is 91.1 Å². The number of nitrogens with zero attached hydrogens (tertiary/aromatic N) is 6. The molecule has 3 aliphatic rings. The average molecular weight is 557 g/mol. The molecule has 2 unspecified atom stereocenters. The van der Waals surface area contributed by atoms with Crippen LogP contribution in [0.2, 0.25) is 0 Å². The summed E-state index contributed by atoms with van der Waals surface area (Å²) in [6, 6.07) is 14.6. The third-order valence-electron chi connectivity index (χ3n) is 7.99. The molecule has 0 amide bonds. The summed E-state index contributed by atoms with van der Waals surface area (Å²) >= 11 is 0. The zero-order chi connectivity index (χ0) is 28.2. The Hall–Kier alpha value is -3.98. The lowest BCUT2D eigenvalue weighted by Crippen LogP contribution is -2.56. The molecule has 1 aromatic carbocycles. The monoisotopic (exact) mass is 556 g/mol. The summed E-state index contributed by atoms with van der Waals surface area (Å²) in [5, 5.41) is 16.5. The van der Waals surface area contributed by atoms with Crippen LogP contribution in [0.5, 0.6) is 11.6 Å². The second-order valence-corrected chi connectivity index (χ2v) is 10.8. The van der Waals surface area contributed by atoms with Crippen molar-refractivity contribution in [3.8, 4) is 29.0 Å². The van der Waals surface area contributed by atoms with E-state index >= 15 is 0 Å². The van der Waals surface area contributed by atoms with Gasteiger partial charge in [-0.25, -0.2) is 9.97 Å². The van der Waals surface area contributed by atoms with Crippen molar-refractivity contribution < 1.29 is 14.2 Å². The average Bonchev–Trinajstić information content (AvgIpc) is 2.97. The normalized spacial score (nSPS) is 21.5. The highest BCUT2D eigenvalue weighted by Crippen LogP contribution is 2.31. The Labute approximate surface area is 240 Å². The molecule has 3 saturated heterocycles. The maximum Gasteiger partial charge on any atom is 0.239 e. The van der Waals surface area contributed by atoms with Crippen molar-refractivity contribution in [1.82, 2.24) is 25.2 Å². The number of hydrogen-bond donors (Lipinski definition) is 2. The highest BCUT2D eigenvalue weighted by Gasteiger charge is 2.30. The van der Waals surface area contributed by atoms with Gasteiger partial charge in [0, 0.05) is 44.0 Å². The number of anilines is 3. The van der Waals surface area contributed by atoms with Crippen LogP contribution in [-0.2, 0) is 4.74 Å². The fourth-order valence-electron chi connectivity index (χ4n) is 5.60. The van der Waals surface area contributed by atoms with Crippen LogP contribution in [0.25, 0.3) is 11.3 Å². The topological polar surface area (TPSA) is 121 Å². The maximum atomic E-state index is 9.82. The molecule has 11 nitrogen and oxygen atoms in total. The van der Waals surface area contributed by atoms with E-state index in [4.69, 9.17) is 19.2 Å². The highest BCUT2D eigenvalue weighted by molar-refractivity contribution is 5.66. The van der Waals surface area contributed by atoms with Crippen LogP contribution in [0.1, 0.15) is 25.3 Å². The lowest BCUT2D eigenvalue weighted by molar-refractivity contribution is -0.0660. The van der Waals surface area contributed by atoms with Crippen LogP contribution < -0.4 is 25.0 Å². The van der Waals surface area contributed by atoms with Crippen LogP contribution in [0.15, 0.2) is 42.6 Å². The SMILES string of the molecule is COc1nc(Nc2nccc(-c3ccc(OC4CCNC(C)C4)c(C#N)c3)n2)ccc1N1CCN(C2COC2)CC1. The minimum atomic E-state index is 0.0990. The zero-order valence-corrected chi connectivity index (χ0v) is 23.5. The minimum Gasteiger partial charge on any atom is -0.489 e. The number of ether oxygens (including phenoxy) is 3. The Morgan fingerprint density at radius 2 is 1.95 bits per heavy atom. The third-order valence-corrected chi connectivity index (χ3v) is 7.99. The maximum absolute atomic E-state index is 9.82. The Bertz CT molecular complexity index is 1400. The number of benzene rings is 1. The number of methoxy groups -OCH3 is 1. The Kier molecular flexibility index (Phi) is 8.14. The number of rotatable bonds is 8. The summed E-state index contributed by atoms with van der Waals surface area (Å²) < 4.78 is 17.2. The molecule has 0 saturated carbocycles. The fourth-order valence-corrected chi connectivity index (χ4v) is 5.60. The minimum absolute atomic E-state index is 0.0990. The Morgan fingerprint density at radius 1 is 1.10 bits per heavy atom. The molecule has 0 bridgehead atoms. The molecule has 6 rings (SSSR count). The van der Waals surface area contributed by atoms with Crippen molar-refractivity contribution in [3.63, 3.8) is 0 Å². The fraction of sp³-hybridized carbons (Fsp3) is 0.467. The molecule has 3 aliphatic heterocycles. The van der Waals surface area contributed by atoms with Gasteiger partial charge < -0.3 is 29.7 Å². The number of nitrogens with one attached hydrogen (secondary N) is 2. The van der Waals surface area contributed by atoms with Gasteiger partial charge in [0.15, 0.2) is 0 Å². The molecule has 214 valence electrons. The standard InChI is InChI=1S/C30H36N8O3/c1-20-15-24(7-9-32-20)41-27-5-3-21(16-22(27)17-31)25-8-10-33-30(34-25)36-28-6-4-26(29(35-28)39-2)38-13-11-37(12-14-38)23-18-40-19-23/h3-6,8,10,16,20,23-24,32H,7,9,11-15,18-19H2,1-2H3,(H,33,34,35,36). The highest BCUT2D eigenvalue weighted by atomic mass is 16.5. The molecule has 5 heterocycles. The number of piperidine rings is 1. The van der Waals surface area contributed by atoms with Crippen LogP contribution >= 0.6 is 0 Å². The van der Waals surface area contributed by atoms with E-state index in [1.807, 2.05) is 36.4 Å². The molecule has 41 heavy (non-hydrogen) atoms. The van der Waals surface area contributed by atoms with Crippen molar-refractivity contribution in [2.45, 2.75) is 38.0 Å². The van der Waals surface area contributed by atoms with Gasteiger partial charge in [0.25, 0.3) is 0 Å². The predicted octanol–water partition coefficient (Wildman–Crippen LogP) is 3.20. The van der Waals surface area contributed by atoms with E-state index in [0.29, 0.717) is 46.7 Å². The van der Waals surface area contributed by atoms with Gasteiger partial charge in [0.05, 0.1) is 37.6 Å². The van der Waals surface area contributed by atoms with Crippen molar-refractivity contribution in [2.24, 2.45) is 0 Å². The van der Waals surface area contributed by atoms with Crippen LogP contribution in [0.3, 0.4) is 0 Å². The van der Waals surface area contributed by atoms with Crippen molar-refractivity contribution in [2.75, 3.05) is 63.3 Å². The van der Waals surface area contributed by atoms with Crippen LogP contribution in [0, 0.1) is 11.3 Å². The van der Waals surface area contributed by atoms with Gasteiger partial charge in [0.2, 0.25) is 11.8 Å². The molecule has 0 spiro atoms. The van der Waals surface area contributed by atoms with Gasteiger partial charge in [-0.15, -0.1) is 0 Å². The first-order valence-electron chi connectivity index (χ1n) is 14.3. The Morgan fingerprint density at radius 3 is 2.68 bits per heavy atom. The largest absolute Gasteiger partial charge is 0.489 e. The summed E-state index contributed by atoms with van der Waals surface area (Å²) in [6.07, 6.45) is 3.63. The first-order chi connectivity index (χ1) is 20.1. The number of pyridine rings is 1. The predicted molar refractivity (Wildman–Crippen MR) is 156 cm³/mol. The van der Waals surface area contributed by atoms with Crippen molar-refractivity contribution >= 4 is 17.5 Å². The molecule has 0 aliphatic carbocycles. The van der Waals surface area contributed by atoms with Gasteiger partial charge in [-0.2, -0.15) is 10.2 Å². The van der Waals surface area contributed by atoms with E-state index in [0.717, 1.165) is 70.0 Å². The molecular weight excluding hydrogens is 520 g/mol. The molecule has 2 aromatic heterocycles. The molecule has 11 heteroatoms. The van der Waals surface area contributed by atoms with Gasteiger partial charge in [0.1, 0.15) is 29.4 Å². The number of aromatic nitrogens is 3. The molecular formula is C30H36N8O3. The molecule has 3 aromatic rings. The zero-order valence-electron chi connectivity index (χ0n) is 23.5.